The largest absolute Gasteiger partial charge is 0.506 e. The van der Waals surface area contributed by atoms with Gasteiger partial charge in [-0.05, 0) is 48.4 Å². The summed E-state index contributed by atoms with van der Waals surface area (Å²) >= 11 is 6.22. The van der Waals surface area contributed by atoms with Gasteiger partial charge in [-0.15, -0.1) is 0 Å². The minimum absolute atomic E-state index is 0.00455. The lowest BCUT2D eigenvalue weighted by Gasteiger charge is -2.30. The van der Waals surface area contributed by atoms with Crippen molar-refractivity contribution in [3.8, 4) is 11.8 Å². The zero-order valence-corrected chi connectivity index (χ0v) is 11.5. The van der Waals surface area contributed by atoms with Crippen molar-refractivity contribution < 1.29 is 9.90 Å². The molecule has 0 aliphatic heterocycles. The van der Waals surface area contributed by atoms with Crippen molar-refractivity contribution in [1.29, 1.82) is 5.26 Å². The van der Waals surface area contributed by atoms with Crippen molar-refractivity contribution in [3.63, 3.8) is 0 Å². The minimum atomic E-state index is -0.108. The molecule has 2 bridgehead atoms. The standard InChI is InChI=1S/C16H12ClNO2/c17-14-10-6-16-4-3-8(5-16)15(20)11(7-18)13(16)9(10)1-2-12(14)19/h1-2,8,19H,3-6H2. The van der Waals surface area contributed by atoms with Crippen LogP contribution in [0.3, 0.4) is 0 Å². The van der Waals surface area contributed by atoms with Crippen molar-refractivity contribution in [2.75, 3.05) is 0 Å². The summed E-state index contributed by atoms with van der Waals surface area (Å²) < 4.78 is 0. The summed E-state index contributed by atoms with van der Waals surface area (Å²) in [6.45, 7) is 0. The quantitative estimate of drug-likeness (QED) is 0.796. The van der Waals surface area contributed by atoms with Gasteiger partial charge in [0.1, 0.15) is 11.8 Å². The molecule has 1 spiro atoms. The number of aromatic hydroxyl groups is 1. The molecule has 0 amide bonds. The number of nitriles is 1. The topological polar surface area (TPSA) is 61.1 Å². The molecule has 4 heteroatoms. The van der Waals surface area contributed by atoms with Crippen LogP contribution >= 0.6 is 11.6 Å². The van der Waals surface area contributed by atoms with Gasteiger partial charge in [-0.1, -0.05) is 17.7 Å². The first-order valence-electron chi connectivity index (χ1n) is 6.77. The maximum Gasteiger partial charge on any atom is 0.176 e. The van der Waals surface area contributed by atoms with E-state index in [1.165, 1.54) is 0 Å². The number of Topliss-reactive ketones (excluding diaryl/α,β-unsaturated/α-hetero) is 1. The molecular weight excluding hydrogens is 274 g/mol. The number of fused-ring (bicyclic) bond motifs is 3. The average molecular weight is 286 g/mol. The Hall–Kier alpha value is -1.79. The van der Waals surface area contributed by atoms with Crippen LogP contribution in [-0.4, -0.2) is 10.9 Å². The Labute approximate surface area is 121 Å². The summed E-state index contributed by atoms with van der Waals surface area (Å²) in [6, 6.07) is 5.47. The minimum Gasteiger partial charge on any atom is -0.506 e. The molecular formula is C16H12ClNO2. The molecule has 1 N–H and O–H groups in total. The lowest BCUT2D eigenvalue weighted by molar-refractivity contribution is -0.119. The number of hydrogen-bond acceptors (Lipinski definition) is 3. The molecule has 20 heavy (non-hydrogen) atoms. The third-order valence-electron chi connectivity index (χ3n) is 5.13. The van der Waals surface area contributed by atoms with Crippen LogP contribution in [0.2, 0.25) is 5.02 Å². The first-order valence-corrected chi connectivity index (χ1v) is 7.15. The lowest BCUT2D eigenvalue weighted by Crippen LogP contribution is -2.27. The van der Waals surface area contributed by atoms with Crippen LogP contribution in [-0.2, 0) is 11.2 Å². The fraction of sp³-hybridized carbons (Fsp3) is 0.375. The molecule has 0 radical (unpaired) electrons. The van der Waals surface area contributed by atoms with Gasteiger partial charge in [0.05, 0.1) is 10.6 Å². The molecule has 0 aromatic heterocycles. The number of carbonyl (C=O) groups is 1. The Balaban J connectivity index is 2.07. The van der Waals surface area contributed by atoms with Gasteiger partial charge in [-0.3, -0.25) is 4.79 Å². The average Bonchev–Trinajstić information content (AvgIpc) is 2.97. The molecule has 2 unspecified atom stereocenters. The summed E-state index contributed by atoms with van der Waals surface area (Å²) in [5, 5.41) is 19.6. The Morgan fingerprint density at radius 1 is 1.45 bits per heavy atom. The number of halogens is 1. The summed E-state index contributed by atoms with van der Waals surface area (Å²) in [5.74, 6) is 0.0585. The fourth-order valence-corrected chi connectivity index (χ4v) is 4.54. The number of rotatable bonds is 0. The predicted molar refractivity (Wildman–Crippen MR) is 74.1 cm³/mol. The molecule has 100 valence electrons. The number of benzene rings is 1. The van der Waals surface area contributed by atoms with Crippen LogP contribution in [0.25, 0.3) is 5.57 Å². The van der Waals surface area contributed by atoms with E-state index < -0.39 is 0 Å². The molecule has 3 aliphatic rings. The van der Waals surface area contributed by atoms with Crippen LogP contribution in [0.4, 0.5) is 0 Å². The Bertz CT molecular complexity index is 744. The molecule has 0 heterocycles. The molecule has 1 aromatic rings. The second-order valence-corrected chi connectivity index (χ2v) is 6.43. The van der Waals surface area contributed by atoms with Crippen molar-refractivity contribution in [2.24, 2.45) is 11.3 Å². The Morgan fingerprint density at radius 2 is 2.25 bits per heavy atom. The third kappa shape index (κ3) is 1.23. The van der Waals surface area contributed by atoms with Crippen LogP contribution in [0.15, 0.2) is 17.7 Å². The van der Waals surface area contributed by atoms with Crippen LogP contribution in [0.1, 0.15) is 30.4 Å². The second kappa shape index (κ2) is 3.65. The molecule has 4 rings (SSSR count). The van der Waals surface area contributed by atoms with E-state index in [9.17, 15) is 15.2 Å². The maximum absolute atomic E-state index is 12.4. The Morgan fingerprint density at radius 3 is 3.00 bits per heavy atom. The summed E-state index contributed by atoms with van der Waals surface area (Å²) in [4.78, 5) is 12.4. The van der Waals surface area contributed by atoms with E-state index in [1.54, 1.807) is 12.1 Å². The zero-order valence-electron chi connectivity index (χ0n) is 10.7. The number of allylic oxidation sites excluding steroid dienone is 2. The highest BCUT2D eigenvalue weighted by Crippen LogP contribution is 2.63. The highest BCUT2D eigenvalue weighted by molar-refractivity contribution is 6.33. The lowest BCUT2D eigenvalue weighted by atomic mass is 9.71. The van der Waals surface area contributed by atoms with E-state index in [0.29, 0.717) is 10.6 Å². The fourth-order valence-electron chi connectivity index (χ4n) is 4.30. The van der Waals surface area contributed by atoms with E-state index in [0.717, 1.165) is 42.4 Å². The van der Waals surface area contributed by atoms with Gasteiger partial charge in [0.15, 0.2) is 5.78 Å². The summed E-state index contributed by atoms with van der Waals surface area (Å²) in [7, 11) is 0. The molecule has 2 atom stereocenters. The van der Waals surface area contributed by atoms with Crippen LogP contribution in [0, 0.1) is 22.7 Å². The van der Waals surface area contributed by atoms with E-state index in [4.69, 9.17) is 11.6 Å². The number of phenols is 1. The highest BCUT2D eigenvalue weighted by atomic mass is 35.5. The first kappa shape index (κ1) is 12.0. The van der Waals surface area contributed by atoms with Crippen molar-refractivity contribution in [3.05, 3.63) is 33.9 Å². The van der Waals surface area contributed by atoms with E-state index in [-0.39, 0.29) is 22.9 Å². The van der Waals surface area contributed by atoms with Gasteiger partial charge >= 0.3 is 0 Å². The predicted octanol–water partition coefficient (Wildman–Crippen LogP) is 3.25. The smallest absolute Gasteiger partial charge is 0.176 e. The van der Waals surface area contributed by atoms with E-state index >= 15 is 0 Å². The molecule has 3 nitrogen and oxygen atoms in total. The van der Waals surface area contributed by atoms with Crippen molar-refractivity contribution >= 4 is 23.0 Å². The van der Waals surface area contributed by atoms with Crippen LogP contribution < -0.4 is 0 Å². The molecule has 3 aliphatic carbocycles. The Kier molecular flexibility index (Phi) is 2.19. The van der Waals surface area contributed by atoms with Gasteiger partial charge in [0, 0.05) is 11.3 Å². The first-order chi connectivity index (χ1) is 9.57. The number of hydrogen-bond donors (Lipinski definition) is 1. The van der Waals surface area contributed by atoms with Crippen LogP contribution in [0.5, 0.6) is 5.75 Å². The third-order valence-corrected chi connectivity index (χ3v) is 5.55. The SMILES string of the molecule is N#CC1=C2c3ccc(O)c(Cl)c3CC23CCC(C3)C1=O. The maximum atomic E-state index is 12.4. The molecule has 0 saturated heterocycles. The summed E-state index contributed by atoms with van der Waals surface area (Å²) in [5.41, 5.74) is 2.88. The highest BCUT2D eigenvalue weighted by Gasteiger charge is 2.55. The van der Waals surface area contributed by atoms with E-state index in [1.807, 2.05) is 0 Å². The zero-order chi connectivity index (χ0) is 14.1. The van der Waals surface area contributed by atoms with Gasteiger partial charge in [0.25, 0.3) is 0 Å². The normalized spacial score (nSPS) is 30.2. The number of ketones is 1. The van der Waals surface area contributed by atoms with Crippen molar-refractivity contribution in [2.45, 2.75) is 25.7 Å². The number of nitrogens with zero attached hydrogens (tertiary/aromatic N) is 1. The van der Waals surface area contributed by atoms with Crippen molar-refractivity contribution in [1.82, 2.24) is 0 Å². The van der Waals surface area contributed by atoms with Gasteiger partial charge in [-0.2, -0.15) is 5.26 Å². The monoisotopic (exact) mass is 285 g/mol. The van der Waals surface area contributed by atoms with Gasteiger partial charge < -0.3 is 5.11 Å². The molecule has 1 saturated carbocycles. The molecule has 1 aromatic carbocycles. The number of carbonyl (C=O) groups excluding carboxylic acids is 1. The van der Waals surface area contributed by atoms with Gasteiger partial charge in [-0.25, -0.2) is 0 Å². The second-order valence-electron chi connectivity index (χ2n) is 6.05. The van der Waals surface area contributed by atoms with Gasteiger partial charge in [0.2, 0.25) is 0 Å². The summed E-state index contributed by atoms with van der Waals surface area (Å²) in [6.07, 6.45) is 3.33. The van der Waals surface area contributed by atoms with E-state index in [2.05, 4.69) is 6.07 Å². The molecule has 1 fully saturated rings. The number of phenolic OH excluding ortho intramolecular Hbond substituents is 1.